The van der Waals surface area contributed by atoms with Crippen LogP contribution in [0, 0.1) is 0 Å². The van der Waals surface area contributed by atoms with E-state index in [1.54, 1.807) is 0 Å². The van der Waals surface area contributed by atoms with E-state index in [1.807, 2.05) is 24.0 Å². The lowest BCUT2D eigenvalue weighted by Crippen LogP contribution is -2.25. The highest BCUT2D eigenvalue weighted by Crippen LogP contribution is 2.39. The van der Waals surface area contributed by atoms with Gasteiger partial charge >= 0.3 is 5.97 Å². The highest BCUT2D eigenvalue weighted by Gasteiger charge is 2.19. The van der Waals surface area contributed by atoms with E-state index in [2.05, 4.69) is 0 Å². The first kappa shape index (κ1) is 14.0. The summed E-state index contributed by atoms with van der Waals surface area (Å²) in [4.78, 5) is 12.6. The van der Waals surface area contributed by atoms with Crippen molar-refractivity contribution < 1.29 is 19.4 Å². The van der Waals surface area contributed by atoms with Crippen molar-refractivity contribution in [2.45, 2.75) is 19.9 Å². The Labute approximate surface area is 116 Å². The van der Waals surface area contributed by atoms with Crippen LogP contribution in [0.1, 0.15) is 18.9 Å². The Bertz CT molecular complexity index is 478. The number of aliphatic carboxylic acids is 1. The minimum absolute atomic E-state index is 0.131. The van der Waals surface area contributed by atoms with Crippen LogP contribution in [0.15, 0.2) is 12.1 Å². The van der Waals surface area contributed by atoms with E-state index in [4.69, 9.17) is 26.2 Å². The standard InChI is InChI=1S/C13H16ClNO4/c1-2-15(4-3-12(16)17)7-9-5-10(14)13-11(6-9)18-8-19-13/h5-6H,2-4,7-8H2,1H3,(H,16,17). The van der Waals surface area contributed by atoms with Gasteiger partial charge in [-0.2, -0.15) is 0 Å². The van der Waals surface area contributed by atoms with Gasteiger partial charge in [-0.05, 0) is 24.2 Å². The molecule has 0 amide bonds. The maximum Gasteiger partial charge on any atom is 0.304 e. The van der Waals surface area contributed by atoms with Gasteiger partial charge in [-0.15, -0.1) is 0 Å². The topological polar surface area (TPSA) is 59.0 Å². The third kappa shape index (κ3) is 3.52. The van der Waals surface area contributed by atoms with Crippen LogP contribution in [-0.4, -0.2) is 35.9 Å². The van der Waals surface area contributed by atoms with Crippen LogP contribution < -0.4 is 9.47 Å². The molecule has 19 heavy (non-hydrogen) atoms. The lowest BCUT2D eigenvalue weighted by atomic mass is 10.2. The van der Waals surface area contributed by atoms with E-state index in [0.717, 1.165) is 12.1 Å². The summed E-state index contributed by atoms with van der Waals surface area (Å²) in [6, 6.07) is 3.72. The van der Waals surface area contributed by atoms with Crippen molar-refractivity contribution in [3.05, 3.63) is 22.7 Å². The molecule has 0 aromatic heterocycles. The number of carboxylic acid groups (broad SMARTS) is 1. The van der Waals surface area contributed by atoms with Crippen LogP contribution in [0.4, 0.5) is 0 Å². The summed E-state index contributed by atoms with van der Waals surface area (Å²) in [5, 5.41) is 9.24. The molecule has 0 saturated heterocycles. The number of carboxylic acids is 1. The van der Waals surface area contributed by atoms with Crippen LogP contribution in [-0.2, 0) is 11.3 Å². The fourth-order valence-corrected chi connectivity index (χ4v) is 2.26. The summed E-state index contributed by atoms with van der Waals surface area (Å²) < 4.78 is 10.6. The van der Waals surface area contributed by atoms with Gasteiger partial charge in [0.25, 0.3) is 0 Å². The van der Waals surface area contributed by atoms with E-state index in [1.165, 1.54) is 0 Å². The molecule has 2 rings (SSSR count). The molecular formula is C13H16ClNO4. The van der Waals surface area contributed by atoms with Crippen LogP contribution in [0.3, 0.4) is 0 Å². The van der Waals surface area contributed by atoms with Crippen LogP contribution in [0.25, 0.3) is 0 Å². The van der Waals surface area contributed by atoms with Gasteiger partial charge in [0, 0.05) is 13.1 Å². The van der Waals surface area contributed by atoms with Gasteiger partial charge in [-0.25, -0.2) is 0 Å². The van der Waals surface area contributed by atoms with Gasteiger partial charge in [-0.1, -0.05) is 18.5 Å². The highest BCUT2D eigenvalue weighted by atomic mass is 35.5. The third-order valence-electron chi connectivity index (χ3n) is 2.98. The number of hydrogen-bond donors (Lipinski definition) is 1. The molecule has 0 spiro atoms. The van der Waals surface area contributed by atoms with Crippen LogP contribution in [0.2, 0.25) is 5.02 Å². The summed E-state index contributed by atoms with van der Waals surface area (Å²) in [7, 11) is 0. The SMILES string of the molecule is CCN(CCC(=O)O)Cc1cc(Cl)c2c(c1)OCO2. The molecule has 0 unspecified atom stereocenters. The van der Waals surface area contributed by atoms with E-state index in [0.29, 0.717) is 29.6 Å². The predicted octanol–water partition coefficient (Wildman–Crippen LogP) is 2.37. The fourth-order valence-electron chi connectivity index (χ4n) is 1.97. The number of fused-ring (bicyclic) bond motifs is 1. The minimum atomic E-state index is -0.790. The molecule has 0 atom stereocenters. The number of benzene rings is 1. The van der Waals surface area contributed by atoms with Crippen molar-refractivity contribution in [3.8, 4) is 11.5 Å². The van der Waals surface area contributed by atoms with E-state index in [9.17, 15) is 4.79 Å². The molecule has 1 N–H and O–H groups in total. The van der Waals surface area contributed by atoms with Crippen molar-refractivity contribution in [1.29, 1.82) is 0 Å². The molecule has 1 aromatic rings. The molecule has 0 fully saturated rings. The smallest absolute Gasteiger partial charge is 0.304 e. The molecule has 1 heterocycles. The van der Waals surface area contributed by atoms with Crippen molar-refractivity contribution in [3.63, 3.8) is 0 Å². The number of hydrogen-bond acceptors (Lipinski definition) is 4. The van der Waals surface area contributed by atoms with Gasteiger partial charge in [0.15, 0.2) is 11.5 Å². The summed E-state index contributed by atoms with van der Waals surface area (Å²) in [5.74, 6) is 0.443. The van der Waals surface area contributed by atoms with E-state index < -0.39 is 5.97 Å². The second kappa shape index (κ2) is 6.12. The Morgan fingerprint density at radius 3 is 2.95 bits per heavy atom. The maximum atomic E-state index is 10.6. The molecule has 5 nitrogen and oxygen atoms in total. The van der Waals surface area contributed by atoms with Gasteiger partial charge in [0.1, 0.15) is 0 Å². The first-order chi connectivity index (χ1) is 9.10. The van der Waals surface area contributed by atoms with Crippen molar-refractivity contribution in [1.82, 2.24) is 4.90 Å². The predicted molar refractivity (Wildman–Crippen MR) is 70.8 cm³/mol. The Kier molecular flexibility index (Phi) is 4.50. The first-order valence-corrected chi connectivity index (χ1v) is 6.50. The van der Waals surface area contributed by atoms with Crippen LogP contribution >= 0.6 is 11.6 Å². The Balaban J connectivity index is 2.05. The Hall–Kier alpha value is -1.46. The zero-order valence-electron chi connectivity index (χ0n) is 10.7. The van der Waals surface area contributed by atoms with E-state index >= 15 is 0 Å². The number of carbonyl (C=O) groups is 1. The largest absolute Gasteiger partial charge is 0.481 e. The molecule has 0 aliphatic carbocycles. The van der Waals surface area contributed by atoms with Crippen molar-refractivity contribution in [2.75, 3.05) is 19.9 Å². The molecule has 6 heteroatoms. The number of nitrogens with zero attached hydrogens (tertiary/aromatic N) is 1. The number of halogens is 1. The minimum Gasteiger partial charge on any atom is -0.481 e. The lowest BCUT2D eigenvalue weighted by molar-refractivity contribution is -0.137. The summed E-state index contributed by atoms with van der Waals surface area (Å²) in [6.07, 6.45) is 0.131. The summed E-state index contributed by atoms with van der Waals surface area (Å²) in [5.41, 5.74) is 0.987. The lowest BCUT2D eigenvalue weighted by Gasteiger charge is -2.19. The zero-order valence-corrected chi connectivity index (χ0v) is 11.4. The molecule has 1 aliphatic heterocycles. The second-order valence-electron chi connectivity index (χ2n) is 4.32. The zero-order chi connectivity index (χ0) is 13.8. The molecule has 0 bridgehead atoms. The Morgan fingerprint density at radius 1 is 1.47 bits per heavy atom. The molecule has 0 saturated carbocycles. The first-order valence-electron chi connectivity index (χ1n) is 6.12. The van der Waals surface area contributed by atoms with Crippen molar-refractivity contribution in [2.24, 2.45) is 0 Å². The third-order valence-corrected chi connectivity index (χ3v) is 3.26. The molecule has 1 aromatic carbocycles. The monoisotopic (exact) mass is 285 g/mol. The quantitative estimate of drug-likeness (QED) is 0.869. The Morgan fingerprint density at radius 2 is 2.26 bits per heavy atom. The van der Waals surface area contributed by atoms with Gasteiger partial charge in [0.2, 0.25) is 6.79 Å². The highest BCUT2D eigenvalue weighted by molar-refractivity contribution is 6.32. The molecule has 1 aliphatic rings. The fraction of sp³-hybridized carbons (Fsp3) is 0.462. The van der Waals surface area contributed by atoms with Crippen LogP contribution in [0.5, 0.6) is 11.5 Å². The molecule has 0 radical (unpaired) electrons. The van der Waals surface area contributed by atoms with Gasteiger partial charge in [0.05, 0.1) is 11.4 Å². The number of rotatable bonds is 6. The molecule has 104 valence electrons. The van der Waals surface area contributed by atoms with Crippen molar-refractivity contribution >= 4 is 17.6 Å². The molecular weight excluding hydrogens is 270 g/mol. The van der Waals surface area contributed by atoms with Gasteiger partial charge < -0.3 is 14.6 Å². The summed E-state index contributed by atoms with van der Waals surface area (Å²) >= 11 is 6.11. The van der Waals surface area contributed by atoms with E-state index in [-0.39, 0.29) is 13.2 Å². The second-order valence-corrected chi connectivity index (χ2v) is 4.73. The average molecular weight is 286 g/mol. The number of ether oxygens (including phenoxy) is 2. The van der Waals surface area contributed by atoms with Gasteiger partial charge in [-0.3, -0.25) is 9.69 Å². The maximum absolute atomic E-state index is 10.6. The average Bonchev–Trinajstić information content (AvgIpc) is 2.83. The summed E-state index contributed by atoms with van der Waals surface area (Å²) in [6.45, 7) is 4.11. The normalized spacial score (nSPS) is 13.0.